The SMILES string of the molecule is CCCc1c(OCCCSc2ccc3c(c2)CC(CC(=O)OC)C3=O)ccc(C(C)=O)c1O. The molecule has 1 unspecified atom stereocenters. The Morgan fingerprint density at radius 3 is 2.70 bits per heavy atom. The van der Waals surface area contributed by atoms with Gasteiger partial charge in [0.15, 0.2) is 11.6 Å². The minimum Gasteiger partial charge on any atom is -0.507 e. The molecule has 1 aliphatic rings. The van der Waals surface area contributed by atoms with Crippen LogP contribution in [0.4, 0.5) is 0 Å². The van der Waals surface area contributed by atoms with Crippen LogP contribution in [0.1, 0.15) is 65.0 Å². The van der Waals surface area contributed by atoms with E-state index < -0.39 is 0 Å². The van der Waals surface area contributed by atoms with Crippen LogP contribution in [0.3, 0.4) is 0 Å². The van der Waals surface area contributed by atoms with Crippen molar-refractivity contribution in [2.24, 2.45) is 5.92 Å². The lowest BCUT2D eigenvalue weighted by Gasteiger charge is -2.14. The molecule has 6 nitrogen and oxygen atoms in total. The Hall–Kier alpha value is -2.80. The molecule has 0 fully saturated rings. The number of hydrogen-bond donors (Lipinski definition) is 1. The van der Waals surface area contributed by atoms with Crippen LogP contribution in [0.2, 0.25) is 0 Å². The van der Waals surface area contributed by atoms with Gasteiger partial charge in [-0.1, -0.05) is 19.4 Å². The number of phenolic OH excluding ortho intramolecular Hbond substituents is 1. The highest BCUT2D eigenvalue weighted by molar-refractivity contribution is 7.99. The van der Waals surface area contributed by atoms with E-state index in [9.17, 15) is 19.5 Å². The summed E-state index contributed by atoms with van der Waals surface area (Å²) in [5.41, 5.74) is 2.70. The van der Waals surface area contributed by atoms with Crippen LogP contribution in [-0.2, 0) is 22.4 Å². The van der Waals surface area contributed by atoms with E-state index in [1.165, 1.54) is 14.0 Å². The van der Waals surface area contributed by atoms with Gasteiger partial charge in [0.2, 0.25) is 0 Å². The summed E-state index contributed by atoms with van der Waals surface area (Å²) in [6.07, 6.45) is 2.96. The van der Waals surface area contributed by atoms with Gasteiger partial charge < -0.3 is 14.6 Å². The lowest BCUT2D eigenvalue weighted by Crippen LogP contribution is -2.15. The number of Topliss-reactive ketones (excluding diaryl/α,β-unsaturated/α-hetero) is 2. The van der Waals surface area contributed by atoms with E-state index in [4.69, 9.17) is 9.47 Å². The van der Waals surface area contributed by atoms with Gasteiger partial charge in [-0.25, -0.2) is 0 Å². The highest BCUT2D eigenvalue weighted by Gasteiger charge is 2.32. The van der Waals surface area contributed by atoms with Crippen LogP contribution >= 0.6 is 11.8 Å². The molecule has 1 atom stereocenters. The van der Waals surface area contributed by atoms with E-state index in [2.05, 4.69) is 0 Å². The van der Waals surface area contributed by atoms with Crippen LogP contribution in [0.25, 0.3) is 0 Å². The smallest absolute Gasteiger partial charge is 0.306 e. The summed E-state index contributed by atoms with van der Waals surface area (Å²) in [5.74, 6) is 0.638. The summed E-state index contributed by atoms with van der Waals surface area (Å²) >= 11 is 1.69. The predicted octanol–water partition coefficient (Wildman–Crippen LogP) is 5.03. The summed E-state index contributed by atoms with van der Waals surface area (Å²) in [7, 11) is 1.34. The Balaban J connectivity index is 1.52. The zero-order valence-electron chi connectivity index (χ0n) is 19.3. The molecule has 0 amide bonds. The van der Waals surface area contributed by atoms with Gasteiger partial charge >= 0.3 is 5.97 Å². The fraction of sp³-hybridized carbons (Fsp3) is 0.423. The molecule has 3 rings (SSSR count). The second-order valence-corrected chi connectivity index (χ2v) is 9.33. The van der Waals surface area contributed by atoms with E-state index in [1.54, 1.807) is 23.9 Å². The summed E-state index contributed by atoms with van der Waals surface area (Å²) in [4.78, 5) is 36.8. The molecule has 0 saturated heterocycles. The molecule has 0 aromatic heterocycles. The fourth-order valence-electron chi connectivity index (χ4n) is 4.06. The minimum absolute atomic E-state index is 0.0160. The predicted molar refractivity (Wildman–Crippen MR) is 128 cm³/mol. The Morgan fingerprint density at radius 2 is 2.00 bits per heavy atom. The lowest BCUT2D eigenvalue weighted by molar-refractivity contribution is -0.141. The molecule has 1 aliphatic carbocycles. The number of benzene rings is 2. The molecule has 0 bridgehead atoms. The first-order chi connectivity index (χ1) is 15.8. The summed E-state index contributed by atoms with van der Waals surface area (Å²) in [6, 6.07) is 9.20. The minimum atomic E-state index is -0.359. The highest BCUT2D eigenvalue weighted by atomic mass is 32.2. The maximum absolute atomic E-state index is 12.5. The largest absolute Gasteiger partial charge is 0.507 e. The number of methoxy groups -OCH3 is 1. The van der Waals surface area contributed by atoms with Crippen LogP contribution in [0.5, 0.6) is 11.5 Å². The van der Waals surface area contributed by atoms with Crippen LogP contribution < -0.4 is 4.74 Å². The summed E-state index contributed by atoms with van der Waals surface area (Å²) in [6.45, 7) is 3.95. The number of carbonyl (C=O) groups excluding carboxylic acids is 3. The van der Waals surface area contributed by atoms with Crippen molar-refractivity contribution in [3.8, 4) is 11.5 Å². The third kappa shape index (κ3) is 5.96. The lowest BCUT2D eigenvalue weighted by atomic mass is 10.0. The number of aromatic hydroxyl groups is 1. The van der Waals surface area contributed by atoms with Gasteiger partial charge in [-0.15, -0.1) is 11.8 Å². The van der Waals surface area contributed by atoms with Crippen LogP contribution in [0, 0.1) is 5.92 Å². The highest BCUT2D eigenvalue weighted by Crippen LogP contribution is 2.34. The molecular weight excluding hydrogens is 440 g/mol. The van der Waals surface area contributed by atoms with Gasteiger partial charge in [-0.05, 0) is 56.0 Å². The molecule has 1 N–H and O–H groups in total. The van der Waals surface area contributed by atoms with Crippen molar-refractivity contribution in [2.75, 3.05) is 19.5 Å². The van der Waals surface area contributed by atoms with Gasteiger partial charge in [-0.2, -0.15) is 0 Å². The molecule has 33 heavy (non-hydrogen) atoms. The third-order valence-electron chi connectivity index (χ3n) is 5.75. The molecule has 0 spiro atoms. The maximum Gasteiger partial charge on any atom is 0.306 e. The van der Waals surface area contributed by atoms with Crippen molar-refractivity contribution in [1.29, 1.82) is 0 Å². The first-order valence-electron chi connectivity index (χ1n) is 11.2. The fourth-order valence-corrected chi connectivity index (χ4v) is 4.94. The summed E-state index contributed by atoms with van der Waals surface area (Å²) in [5, 5.41) is 10.4. The second kappa shape index (κ2) is 11.4. The molecule has 0 radical (unpaired) electrons. The number of thioether (sulfide) groups is 1. The number of fused-ring (bicyclic) bond motifs is 1. The first-order valence-corrected chi connectivity index (χ1v) is 12.2. The number of ketones is 2. The maximum atomic E-state index is 12.5. The van der Waals surface area contributed by atoms with Gasteiger partial charge in [0, 0.05) is 27.7 Å². The molecule has 0 saturated carbocycles. The van der Waals surface area contributed by atoms with Crippen LogP contribution in [-0.4, -0.2) is 42.1 Å². The van der Waals surface area contributed by atoms with Crippen molar-refractivity contribution in [3.05, 3.63) is 52.6 Å². The number of phenols is 1. The summed E-state index contributed by atoms with van der Waals surface area (Å²) < 4.78 is 10.6. The van der Waals surface area contributed by atoms with Crippen molar-refractivity contribution >= 4 is 29.3 Å². The zero-order valence-corrected chi connectivity index (χ0v) is 20.1. The number of esters is 1. The average molecular weight is 471 g/mol. The van der Waals surface area contributed by atoms with Gasteiger partial charge in [0.05, 0.1) is 25.7 Å². The van der Waals surface area contributed by atoms with E-state index in [-0.39, 0.29) is 35.6 Å². The normalized spacial score (nSPS) is 14.8. The van der Waals surface area contributed by atoms with E-state index in [1.807, 2.05) is 25.1 Å². The van der Waals surface area contributed by atoms with Crippen molar-refractivity contribution in [1.82, 2.24) is 0 Å². The Morgan fingerprint density at radius 1 is 1.21 bits per heavy atom. The Kier molecular flexibility index (Phi) is 8.55. The standard InChI is InChI=1S/C26H30O6S/c1-4-6-22-23(10-9-20(16(2)27)26(22)30)32-11-5-12-33-19-7-8-21-17(14-19)13-18(25(21)29)15-24(28)31-3/h7-10,14,18,30H,4-6,11-13,15H2,1-3H3. The van der Waals surface area contributed by atoms with Crippen molar-refractivity contribution in [3.63, 3.8) is 0 Å². The first kappa shape index (κ1) is 24.8. The van der Waals surface area contributed by atoms with Gasteiger partial charge in [0.25, 0.3) is 0 Å². The van der Waals surface area contributed by atoms with Gasteiger partial charge in [0.1, 0.15) is 11.5 Å². The number of rotatable bonds is 11. The molecule has 0 heterocycles. The van der Waals surface area contributed by atoms with E-state index in [0.717, 1.165) is 29.1 Å². The Bertz CT molecular complexity index is 1050. The molecule has 7 heteroatoms. The van der Waals surface area contributed by atoms with Crippen molar-refractivity contribution < 1.29 is 29.0 Å². The quantitative estimate of drug-likeness (QED) is 0.213. The number of hydrogen-bond acceptors (Lipinski definition) is 7. The molecule has 2 aromatic rings. The third-order valence-corrected chi connectivity index (χ3v) is 6.83. The molecular formula is C26H30O6S. The van der Waals surface area contributed by atoms with E-state index in [0.29, 0.717) is 41.9 Å². The average Bonchev–Trinajstić information content (AvgIpc) is 3.09. The van der Waals surface area contributed by atoms with Crippen molar-refractivity contribution in [2.45, 2.75) is 50.8 Å². The second-order valence-electron chi connectivity index (χ2n) is 8.16. The van der Waals surface area contributed by atoms with Gasteiger partial charge in [-0.3, -0.25) is 14.4 Å². The topological polar surface area (TPSA) is 89.9 Å². The number of ether oxygens (including phenoxy) is 2. The van der Waals surface area contributed by atoms with Crippen LogP contribution in [0.15, 0.2) is 35.2 Å². The zero-order chi connectivity index (χ0) is 24.0. The molecule has 2 aromatic carbocycles. The molecule has 176 valence electrons. The number of carbonyl (C=O) groups is 3. The Labute approximate surface area is 198 Å². The monoisotopic (exact) mass is 470 g/mol. The molecule has 0 aliphatic heterocycles. The van der Waals surface area contributed by atoms with E-state index >= 15 is 0 Å².